The van der Waals surface area contributed by atoms with Crippen LogP contribution in [0.4, 0.5) is 0 Å². The average molecular weight is 311 g/mol. The van der Waals surface area contributed by atoms with Gasteiger partial charge in [-0.25, -0.2) is 0 Å². The normalized spacial score (nSPS) is 29.1. The van der Waals surface area contributed by atoms with Crippen LogP contribution in [0.25, 0.3) is 0 Å². The van der Waals surface area contributed by atoms with Crippen molar-refractivity contribution in [3.63, 3.8) is 0 Å². The van der Waals surface area contributed by atoms with Gasteiger partial charge in [0.1, 0.15) is 0 Å². The zero-order chi connectivity index (χ0) is 13.8. The van der Waals surface area contributed by atoms with Crippen LogP contribution in [0, 0.1) is 12.8 Å². The molecule has 4 heteroatoms. The molecule has 1 saturated heterocycles. The molecule has 1 aliphatic heterocycles. The Morgan fingerprint density at radius 2 is 2.24 bits per heavy atom. The van der Waals surface area contributed by atoms with Crippen LogP contribution >= 0.6 is 12.4 Å². The van der Waals surface area contributed by atoms with Crippen LogP contribution in [-0.2, 0) is 11.3 Å². The molecule has 2 aliphatic rings. The van der Waals surface area contributed by atoms with Crippen LogP contribution in [0.2, 0.25) is 0 Å². The zero-order valence-electron chi connectivity index (χ0n) is 12.8. The molecule has 118 valence electrons. The Balaban J connectivity index is 0.00000161. The number of ether oxygens (including phenoxy) is 1. The first-order chi connectivity index (χ1) is 9.83. The number of nitrogens with one attached hydrogen (secondary N) is 2. The molecule has 2 fully saturated rings. The molecule has 1 saturated carbocycles. The number of morpholine rings is 1. The van der Waals surface area contributed by atoms with Gasteiger partial charge < -0.3 is 15.4 Å². The number of rotatable bonds is 4. The molecule has 21 heavy (non-hydrogen) atoms. The van der Waals surface area contributed by atoms with Crippen molar-refractivity contribution in [3.05, 3.63) is 35.4 Å². The summed E-state index contributed by atoms with van der Waals surface area (Å²) in [6, 6.07) is 9.97. The number of hydrogen-bond acceptors (Lipinski definition) is 3. The molecule has 0 amide bonds. The Hall–Kier alpha value is -0.610. The van der Waals surface area contributed by atoms with Crippen LogP contribution in [0.1, 0.15) is 30.4 Å². The number of halogens is 1. The smallest absolute Gasteiger partial charge is 0.0623 e. The standard InChI is InChI=1S/C17H26N2O.ClH/c1-13-4-2-5-14(10-13)11-19-16-7-3-6-15(16)17-12-20-9-8-18-17;/h2,4-5,10,15-19H,3,6-9,11-12H2,1H3;1H. The van der Waals surface area contributed by atoms with Crippen LogP contribution in [-0.4, -0.2) is 31.8 Å². The minimum atomic E-state index is 0. The summed E-state index contributed by atoms with van der Waals surface area (Å²) in [5.74, 6) is 0.722. The van der Waals surface area contributed by atoms with E-state index in [9.17, 15) is 0 Å². The third-order valence-corrected chi connectivity index (χ3v) is 4.69. The summed E-state index contributed by atoms with van der Waals surface area (Å²) >= 11 is 0. The largest absolute Gasteiger partial charge is 0.379 e. The van der Waals surface area contributed by atoms with Gasteiger partial charge in [-0.1, -0.05) is 36.2 Å². The van der Waals surface area contributed by atoms with Gasteiger partial charge in [0.2, 0.25) is 0 Å². The van der Waals surface area contributed by atoms with Gasteiger partial charge in [0.25, 0.3) is 0 Å². The van der Waals surface area contributed by atoms with Crippen molar-refractivity contribution in [2.45, 2.75) is 44.8 Å². The molecule has 0 aromatic heterocycles. The fourth-order valence-electron chi connectivity index (χ4n) is 3.66. The van der Waals surface area contributed by atoms with E-state index in [2.05, 4.69) is 41.8 Å². The molecule has 0 spiro atoms. The summed E-state index contributed by atoms with van der Waals surface area (Å²) in [7, 11) is 0. The van der Waals surface area contributed by atoms with E-state index in [1.165, 1.54) is 30.4 Å². The summed E-state index contributed by atoms with van der Waals surface area (Å²) < 4.78 is 5.63. The molecule has 1 aromatic rings. The third-order valence-electron chi connectivity index (χ3n) is 4.69. The van der Waals surface area contributed by atoms with E-state index in [4.69, 9.17) is 4.74 Å². The molecule has 3 nitrogen and oxygen atoms in total. The molecular weight excluding hydrogens is 284 g/mol. The predicted molar refractivity (Wildman–Crippen MR) is 89.0 cm³/mol. The van der Waals surface area contributed by atoms with Gasteiger partial charge in [-0.15, -0.1) is 12.4 Å². The maximum atomic E-state index is 5.63. The van der Waals surface area contributed by atoms with Crippen LogP contribution in [0.5, 0.6) is 0 Å². The number of aryl methyl sites for hydroxylation is 1. The maximum absolute atomic E-state index is 5.63. The SMILES string of the molecule is Cc1cccc(CNC2CCCC2C2COCCN2)c1.Cl. The van der Waals surface area contributed by atoms with Gasteiger partial charge in [0.05, 0.1) is 13.2 Å². The number of hydrogen-bond donors (Lipinski definition) is 2. The summed E-state index contributed by atoms with van der Waals surface area (Å²) in [6.07, 6.45) is 3.97. The van der Waals surface area contributed by atoms with Crippen molar-refractivity contribution in [3.8, 4) is 0 Å². The monoisotopic (exact) mass is 310 g/mol. The zero-order valence-corrected chi connectivity index (χ0v) is 13.6. The molecule has 2 N–H and O–H groups in total. The lowest BCUT2D eigenvalue weighted by Gasteiger charge is -2.33. The van der Waals surface area contributed by atoms with Crippen molar-refractivity contribution >= 4 is 12.4 Å². The second-order valence-corrected chi connectivity index (χ2v) is 6.21. The minimum Gasteiger partial charge on any atom is -0.379 e. The van der Waals surface area contributed by atoms with Crippen LogP contribution < -0.4 is 10.6 Å². The van der Waals surface area contributed by atoms with E-state index in [0.29, 0.717) is 12.1 Å². The van der Waals surface area contributed by atoms with E-state index in [1.54, 1.807) is 0 Å². The first kappa shape index (κ1) is 16.8. The third kappa shape index (κ3) is 4.43. The number of benzene rings is 1. The summed E-state index contributed by atoms with van der Waals surface area (Å²) in [5.41, 5.74) is 2.73. The van der Waals surface area contributed by atoms with E-state index in [-0.39, 0.29) is 12.4 Å². The van der Waals surface area contributed by atoms with Gasteiger partial charge in [-0.05, 0) is 31.2 Å². The van der Waals surface area contributed by atoms with Crippen LogP contribution in [0.3, 0.4) is 0 Å². The molecule has 1 aromatic carbocycles. The summed E-state index contributed by atoms with van der Waals surface area (Å²) in [5, 5.41) is 7.41. The Morgan fingerprint density at radius 3 is 3.00 bits per heavy atom. The fourth-order valence-corrected chi connectivity index (χ4v) is 3.66. The van der Waals surface area contributed by atoms with Crippen molar-refractivity contribution in [2.24, 2.45) is 5.92 Å². The predicted octanol–water partition coefficient (Wildman–Crippen LogP) is 2.66. The average Bonchev–Trinajstić information content (AvgIpc) is 2.95. The quantitative estimate of drug-likeness (QED) is 0.897. The molecular formula is C17H27ClN2O. The van der Waals surface area contributed by atoms with E-state index < -0.39 is 0 Å². The van der Waals surface area contributed by atoms with Crippen molar-refractivity contribution < 1.29 is 4.74 Å². The lowest BCUT2D eigenvalue weighted by molar-refractivity contribution is 0.0524. The first-order valence-corrected chi connectivity index (χ1v) is 7.93. The molecule has 1 aliphatic carbocycles. The molecule has 3 atom stereocenters. The lowest BCUT2D eigenvalue weighted by atomic mass is 9.94. The second-order valence-electron chi connectivity index (χ2n) is 6.21. The summed E-state index contributed by atoms with van der Waals surface area (Å²) in [6.45, 7) is 5.89. The lowest BCUT2D eigenvalue weighted by Crippen LogP contribution is -2.50. The Bertz CT molecular complexity index is 435. The highest BCUT2D eigenvalue weighted by atomic mass is 35.5. The van der Waals surface area contributed by atoms with E-state index in [0.717, 1.165) is 32.2 Å². The molecule has 1 heterocycles. The molecule has 0 bridgehead atoms. The molecule has 3 rings (SSSR count). The highest BCUT2D eigenvalue weighted by Crippen LogP contribution is 2.29. The highest BCUT2D eigenvalue weighted by Gasteiger charge is 2.34. The van der Waals surface area contributed by atoms with Crippen LogP contribution in [0.15, 0.2) is 24.3 Å². The molecule has 0 radical (unpaired) electrons. The van der Waals surface area contributed by atoms with Gasteiger partial charge in [0.15, 0.2) is 0 Å². The highest BCUT2D eigenvalue weighted by molar-refractivity contribution is 5.85. The Kier molecular flexibility index (Phi) is 6.49. The Morgan fingerprint density at radius 1 is 1.33 bits per heavy atom. The minimum absolute atomic E-state index is 0. The first-order valence-electron chi connectivity index (χ1n) is 7.93. The maximum Gasteiger partial charge on any atom is 0.0623 e. The summed E-state index contributed by atoms with van der Waals surface area (Å²) in [4.78, 5) is 0. The van der Waals surface area contributed by atoms with E-state index in [1.807, 2.05) is 0 Å². The van der Waals surface area contributed by atoms with Crippen molar-refractivity contribution in [1.82, 2.24) is 10.6 Å². The topological polar surface area (TPSA) is 33.3 Å². The van der Waals surface area contributed by atoms with E-state index >= 15 is 0 Å². The second kappa shape index (κ2) is 8.14. The van der Waals surface area contributed by atoms with Gasteiger partial charge >= 0.3 is 0 Å². The van der Waals surface area contributed by atoms with Crippen molar-refractivity contribution in [2.75, 3.05) is 19.8 Å². The van der Waals surface area contributed by atoms with Gasteiger partial charge in [0, 0.05) is 25.2 Å². The fraction of sp³-hybridized carbons (Fsp3) is 0.647. The Labute approximate surface area is 134 Å². The van der Waals surface area contributed by atoms with Crippen molar-refractivity contribution in [1.29, 1.82) is 0 Å². The van der Waals surface area contributed by atoms with Gasteiger partial charge in [-0.2, -0.15) is 0 Å². The van der Waals surface area contributed by atoms with Gasteiger partial charge in [-0.3, -0.25) is 0 Å². The molecule has 3 unspecified atom stereocenters.